The van der Waals surface area contributed by atoms with Gasteiger partial charge >= 0.3 is 0 Å². The molecule has 26 heavy (non-hydrogen) atoms. The summed E-state index contributed by atoms with van der Waals surface area (Å²) >= 11 is 0. The Hall–Kier alpha value is -3.86. The molecule has 0 bridgehead atoms. The van der Waals surface area contributed by atoms with Crippen LogP contribution in [0.4, 0.5) is 26.0 Å². The van der Waals surface area contributed by atoms with Gasteiger partial charge in [0.25, 0.3) is 5.91 Å². The second-order valence-electron chi connectivity index (χ2n) is 5.19. The predicted octanol–water partition coefficient (Wildman–Crippen LogP) is 3.62. The van der Waals surface area contributed by atoms with Crippen LogP contribution >= 0.6 is 0 Å². The minimum absolute atomic E-state index is 0.00561. The maximum absolute atomic E-state index is 13.2. The average Bonchev–Trinajstić information content (AvgIpc) is 2.65. The Labute approximate surface area is 147 Å². The number of carbonyl (C=O) groups is 1. The smallest absolute Gasteiger partial charge is 0.275 e. The van der Waals surface area contributed by atoms with Gasteiger partial charge in [0, 0.05) is 17.4 Å². The largest absolute Gasteiger partial charge is 0.339 e. The Balaban J connectivity index is 1.69. The molecule has 0 aliphatic rings. The molecule has 3 aromatic rings. The number of amides is 1. The van der Waals surface area contributed by atoms with E-state index < -0.39 is 17.5 Å². The van der Waals surface area contributed by atoms with E-state index >= 15 is 0 Å². The molecule has 0 aliphatic heterocycles. The van der Waals surface area contributed by atoms with Gasteiger partial charge in [-0.15, -0.1) is 0 Å². The molecule has 8 heteroatoms. The summed E-state index contributed by atoms with van der Waals surface area (Å²) in [5.41, 5.74) is 1.25. The van der Waals surface area contributed by atoms with Crippen molar-refractivity contribution in [3.63, 3.8) is 0 Å². The third-order valence-corrected chi connectivity index (χ3v) is 3.33. The number of carbonyl (C=O) groups excluding carboxylic acids is 1. The van der Waals surface area contributed by atoms with Crippen molar-refractivity contribution in [1.29, 1.82) is 5.26 Å². The highest BCUT2D eigenvalue weighted by Crippen LogP contribution is 2.16. The first-order chi connectivity index (χ1) is 12.5. The Bertz CT molecular complexity index is 999. The molecule has 128 valence electrons. The van der Waals surface area contributed by atoms with Crippen LogP contribution in [0.15, 0.2) is 54.9 Å². The quantitative estimate of drug-likeness (QED) is 0.749. The first-order valence-electron chi connectivity index (χ1n) is 7.41. The lowest BCUT2D eigenvalue weighted by molar-refractivity contribution is 0.102. The molecule has 0 fully saturated rings. The number of hydrogen-bond acceptors (Lipinski definition) is 5. The van der Waals surface area contributed by atoms with Gasteiger partial charge in [0.15, 0.2) is 11.6 Å². The number of benzene rings is 2. The van der Waals surface area contributed by atoms with Crippen LogP contribution in [0.1, 0.15) is 16.1 Å². The fraction of sp³-hybridized carbons (Fsp3) is 0. The van der Waals surface area contributed by atoms with E-state index in [2.05, 4.69) is 20.6 Å². The molecular formula is C18H11F2N5O. The molecule has 2 aromatic carbocycles. The molecule has 0 atom stereocenters. The van der Waals surface area contributed by atoms with Crippen LogP contribution in [0, 0.1) is 23.0 Å². The third-order valence-electron chi connectivity index (χ3n) is 3.33. The van der Waals surface area contributed by atoms with Gasteiger partial charge in [0.05, 0.1) is 24.0 Å². The zero-order chi connectivity index (χ0) is 18.5. The second-order valence-corrected chi connectivity index (χ2v) is 5.19. The minimum Gasteiger partial charge on any atom is -0.339 e. The second kappa shape index (κ2) is 7.36. The predicted molar refractivity (Wildman–Crippen MR) is 90.8 cm³/mol. The van der Waals surface area contributed by atoms with Gasteiger partial charge in [-0.2, -0.15) is 5.26 Å². The molecule has 2 N–H and O–H groups in total. The summed E-state index contributed by atoms with van der Waals surface area (Å²) in [6.45, 7) is 0. The summed E-state index contributed by atoms with van der Waals surface area (Å²) in [5, 5.41) is 14.3. The van der Waals surface area contributed by atoms with E-state index in [4.69, 9.17) is 5.26 Å². The lowest BCUT2D eigenvalue weighted by atomic mass is 10.2. The van der Waals surface area contributed by atoms with Crippen LogP contribution in [-0.4, -0.2) is 15.9 Å². The maximum atomic E-state index is 13.2. The maximum Gasteiger partial charge on any atom is 0.275 e. The first-order valence-corrected chi connectivity index (χ1v) is 7.41. The lowest BCUT2D eigenvalue weighted by Gasteiger charge is -2.07. The molecule has 0 saturated carbocycles. The summed E-state index contributed by atoms with van der Waals surface area (Å²) in [4.78, 5) is 20.1. The van der Waals surface area contributed by atoms with Crippen molar-refractivity contribution >= 4 is 23.1 Å². The Morgan fingerprint density at radius 1 is 1.00 bits per heavy atom. The molecule has 1 aromatic heterocycles. The van der Waals surface area contributed by atoms with Crippen molar-refractivity contribution in [1.82, 2.24) is 9.97 Å². The summed E-state index contributed by atoms with van der Waals surface area (Å²) in [5.74, 6) is -2.29. The SMILES string of the molecule is N#Cc1cccc(Nc2cnc(C(=O)Nc3ccc(F)c(F)c3)cn2)c1. The molecule has 1 heterocycles. The number of nitrogens with one attached hydrogen (secondary N) is 2. The van der Waals surface area contributed by atoms with Crippen molar-refractivity contribution in [2.24, 2.45) is 0 Å². The fourth-order valence-corrected chi connectivity index (χ4v) is 2.09. The molecule has 0 saturated heterocycles. The Morgan fingerprint density at radius 2 is 1.85 bits per heavy atom. The zero-order valence-corrected chi connectivity index (χ0v) is 13.2. The van der Waals surface area contributed by atoms with Crippen LogP contribution in [0.5, 0.6) is 0 Å². The highest BCUT2D eigenvalue weighted by atomic mass is 19.2. The van der Waals surface area contributed by atoms with Gasteiger partial charge in [-0.3, -0.25) is 4.79 Å². The molecule has 0 radical (unpaired) electrons. The molecule has 3 rings (SSSR count). The van der Waals surface area contributed by atoms with E-state index in [0.717, 1.165) is 12.1 Å². The summed E-state index contributed by atoms with van der Waals surface area (Å²) in [6, 6.07) is 11.8. The van der Waals surface area contributed by atoms with Gasteiger partial charge in [-0.05, 0) is 30.3 Å². The number of aromatic nitrogens is 2. The number of nitrogens with zero attached hydrogens (tertiary/aromatic N) is 3. The molecule has 0 spiro atoms. The van der Waals surface area contributed by atoms with Crippen LogP contribution in [-0.2, 0) is 0 Å². The normalized spacial score (nSPS) is 10.0. The monoisotopic (exact) mass is 351 g/mol. The number of nitriles is 1. The lowest BCUT2D eigenvalue weighted by Crippen LogP contribution is -2.14. The van der Waals surface area contributed by atoms with Crippen molar-refractivity contribution in [3.05, 3.63) is 77.8 Å². The summed E-state index contributed by atoms with van der Waals surface area (Å²) < 4.78 is 26.1. The van der Waals surface area contributed by atoms with Gasteiger partial charge in [-0.1, -0.05) is 6.07 Å². The minimum atomic E-state index is -1.06. The molecule has 1 amide bonds. The van der Waals surface area contributed by atoms with Gasteiger partial charge < -0.3 is 10.6 Å². The molecular weight excluding hydrogens is 340 g/mol. The van der Waals surface area contributed by atoms with Gasteiger partial charge in [0.1, 0.15) is 11.5 Å². The van der Waals surface area contributed by atoms with Gasteiger partial charge in [0.2, 0.25) is 0 Å². The van der Waals surface area contributed by atoms with E-state index in [0.29, 0.717) is 17.1 Å². The fourth-order valence-electron chi connectivity index (χ4n) is 2.09. The van der Waals surface area contributed by atoms with Crippen molar-refractivity contribution in [3.8, 4) is 6.07 Å². The zero-order valence-electron chi connectivity index (χ0n) is 13.2. The molecule has 6 nitrogen and oxygen atoms in total. The number of halogens is 2. The van der Waals surface area contributed by atoms with Gasteiger partial charge in [-0.25, -0.2) is 18.7 Å². The highest BCUT2D eigenvalue weighted by Gasteiger charge is 2.10. The van der Waals surface area contributed by atoms with E-state index in [-0.39, 0.29) is 11.4 Å². The summed E-state index contributed by atoms with van der Waals surface area (Å²) in [7, 11) is 0. The number of anilines is 3. The van der Waals surface area contributed by atoms with Crippen LogP contribution in [0.2, 0.25) is 0 Å². The van der Waals surface area contributed by atoms with Crippen LogP contribution in [0.25, 0.3) is 0 Å². The van der Waals surface area contributed by atoms with E-state index in [1.807, 2.05) is 6.07 Å². The van der Waals surface area contributed by atoms with Crippen molar-refractivity contribution in [2.45, 2.75) is 0 Å². The van der Waals surface area contributed by atoms with E-state index in [1.165, 1.54) is 18.5 Å². The van der Waals surface area contributed by atoms with Crippen molar-refractivity contribution in [2.75, 3.05) is 10.6 Å². The molecule has 0 aliphatic carbocycles. The third kappa shape index (κ3) is 3.96. The van der Waals surface area contributed by atoms with Crippen molar-refractivity contribution < 1.29 is 13.6 Å². The van der Waals surface area contributed by atoms with Crippen LogP contribution in [0.3, 0.4) is 0 Å². The average molecular weight is 351 g/mol. The Kier molecular flexibility index (Phi) is 4.80. The standard InChI is InChI=1S/C18H11F2N5O/c19-14-5-4-13(7-15(14)20)25-18(26)16-9-23-17(10-22-16)24-12-3-1-2-11(6-12)8-21/h1-7,9-10H,(H,23,24)(H,25,26). The van der Waals surface area contributed by atoms with E-state index in [9.17, 15) is 13.6 Å². The highest BCUT2D eigenvalue weighted by molar-refractivity contribution is 6.02. The summed E-state index contributed by atoms with van der Waals surface area (Å²) in [6.07, 6.45) is 2.59. The van der Waals surface area contributed by atoms with E-state index in [1.54, 1.807) is 24.3 Å². The van der Waals surface area contributed by atoms with Crippen LogP contribution < -0.4 is 10.6 Å². The number of hydrogen-bond donors (Lipinski definition) is 2. The first kappa shape index (κ1) is 17.0. The molecule has 0 unspecified atom stereocenters. The number of rotatable bonds is 4. The Morgan fingerprint density at radius 3 is 2.54 bits per heavy atom. The topological polar surface area (TPSA) is 90.7 Å².